The molecule has 0 heterocycles. The van der Waals surface area contributed by atoms with Crippen LogP contribution < -0.4 is 10.6 Å². The van der Waals surface area contributed by atoms with E-state index < -0.39 is 23.7 Å². The molecule has 112 valence electrons. The molecular formula is C12H24N2O5. The van der Waals surface area contributed by atoms with E-state index in [9.17, 15) is 9.59 Å². The Bertz CT molecular complexity index is 288. The van der Waals surface area contributed by atoms with E-state index in [0.29, 0.717) is 19.5 Å². The molecule has 0 aromatic heterocycles. The summed E-state index contributed by atoms with van der Waals surface area (Å²) >= 11 is 0. The Hall–Kier alpha value is -1.34. The fraction of sp³-hybridized carbons (Fsp3) is 0.833. The zero-order valence-corrected chi connectivity index (χ0v) is 12.0. The lowest BCUT2D eigenvalue weighted by molar-refractivity contribution is -0.144. The second-order valence-electron chi connectivity index (χ2n) is 4.99. The SMILES string of the molecule is COC(=O)C(CO)NCCCNC(=O)OC(C)(C)C. The first-order chi connectivity index (χ1) is 8.80. The van der Waals surface area contributed by atoms with Crippen LogP contribution in [0, 0.1) is 0 Å². The molecule has 7 nitrogen and oxygen atoms in total. The van der Waals surface area contributed by atoms with Crippen molar-refractivity contribution in [1.82, 2.24) is 10.6 Å². The summed E-state index contributed by atoms with van der Waals surface area (Å²) in [6.45, 7) is 5.92. The number of carbonyl (C=O) groups is 2. The molecule has 0 aliphatic rings. The smallest absolute Gasteiger partial charge is 0.407 e. The summed E-state index contributed by atoms with van der Waals surface area (Å²) < 4.78 is 9.56. The van der Waals surface area contributed by atoms with Crippen LogP contribution in [0.4, 0.5) is 4.79 Å². The molecule has 7 heteroatoms. The minimum atomic E-state index is -0.730. The molecule has 0 aromatic rings. The van der Waals surface area contributed by atoms with Gasteiger partial charge in [0.15, 0.2) is 0 Å². The molecule has 0 saturated heterocycles. The first-order valence-corrected chi connectivity index (χ1v) is 6.19. The summed E-state index contributed by atoms with van der Waals surface area (Å²) in [5, 5.41) is 14.4. The number of esters is 1. The van der Waals surface area contributed by atoms with Gasteiger partial charge in [0.2, 0.25) is 0 Å². The fourth-order valence-corrected chi connectivity index (χ4v) is 1.23. The van der Waals surface area contributed by atoms with E-state index in [-0.39, 0.29) is 6.61 Å². The van der Waals surface area contributed by atoms with E-state index >= 15 is 0 Å². The van der Waals surface area contributed by atoms with E-state index in [1.807, 2.05) is 0 Å². The number of amides is 1. The van der Waals surface area contributed by atoms with Gasteiger partial charge in [-0.3, -0.25) is 4.79 Å². The summed E-state index contributed by atoms with van der Waals surface area (Å²) in [6, 6.07) is -0.730. The van der Waals surface area contributed by atoms with Crippen molar-refractivity contribution in [3.63, 3.8) is 0 Å². The Kier molecular flexibility index (Phi) is 8.09. The number of aliphatic hydroxyl groups is 1. The van der Waals surface area contributed by atoms with Gasteiger partial charge >= 0.3 is 12.1 Å². The van der Waals surface area contributed by atoms with Crippen molar-refractivity contribution in [2.45, 2.75) is 38.8 Å². The van der Waals surface area contributed by atoms with Crippen LogP contribution in [0.5, 0.6) is 0 Å². The Morgan fingerprint density at radius 3 is 2.37 bits per heavy atom. The van der Waals surface area contributed by atoms with Crippen molar-refractivity contribution in [1.29, 1.82) is 0 Å². The normalized spacial score (nSPS) is 12.7. The topological polar surface area (TPSA) is 96.9 Å². The van der Waals surface area contributed by atoms with Gasteiger partial charge in [0, 0.05) is 6.54 Å². The number of hydrogen-bond donors (Lipinski definition) is 3. The highest BCUT2D eigenvalue weighted by Crippen LogP contribution is 2.06. The predicted molar refractivity (Wildman–Crippen MR) is 69.7 cm³/mol. The third-order valence-corrected chi connectivity index (χ3v) is 2.08. The summed E-state index contributed by atoms with van der Waals surface area (Å²) in [6.07, 6.45) is 0.131. The van der Waals surface area contributed by atoms with E-state index in [2.05, 4.69) is 15.4 Å². The highest BCUT2D eigenvalue weighted by atomic mass is 16.6. The largest absolute Gasteiger partial charge is 0.468 e. The van der Waals surface area contributed by atoms with Crippen LogP contribution in [-0.2, 0) is 14.3 Å². The maximum absolute atomic E-state index is 11.3. The quantitative estimate of drug-likeness (QED) is 0.448. The van der Waals surface area contributed by atoms with Crippen LogP contribution in [0.2, 0.25) is 0 Å². The number of nitrogens with one attached hydrogen (secondary N) is 2. The molecule has 1 amide bonds. The summed E-state index contributed by atoms with van der Waals surface area (Å²) in [5.41, 5.74) is -0.519. The van der Waals surface area contributed by atoms with Gasteiger partial charge < -0.3 is 25.2 Å². The lowest BCUT2D eigenvalue weighted by Gasteiger charge is -2.19. The van der Waals surface area contributed by atoms with Crippen LogP contribution in [0.1, 0.15) is 27.2 Å². The molecule has 0 aliphatic carbocycles. The van der Waals surface area contributed by atoms with Gasteiger partial charge in [-0.1, -0.05) is 0 Å². The van der Waals surface area contributed by atoms with Crippen molar-refractivity contribution in [3.8, 4) is 0 Å². The number of aliphatic hydroxyl groups excluding tert-OH is 1. The van der Waals surface area contributed by atoms with Crippen molar-refractivity contribution < 1.29 is 24.2 Å². The lowest BCUT2D eigenvalue weighted by Crippen LogP contribution is -2.42. The Morgan fingerprint density at radius 2 is 1.89 bits per heavy atom. The van der Waals surface area contributed by atoms with Gasteiger partial charge in [0.05, 0.1) is 13.7 Å². The molecule has 19 heavy (non-hydrogen) atoms. The van der Waals surface area contributed by atoms with E-state index in [0.717, 1.165) is 0 Å². The second-order valence-corrected chi connectivity index (χ2v) is 4.99. The van der Waals surface area contributed by atoms with Gasteiger partial charge in [-0.05, 0) is 33.7 Å². The zero-order chi connectivity index (χ0) is 14.9. The van der Waals surface area contributed by atoms with Crippen LogP contribution in [0.3, 0.4) is 0 Å². The molecule has 0 saturated carbocycles. The predicted octanol–water partition coefficient (Wildman–Crippen LogP) is 0.0247. The molecule has 0 rings (SSSR count). The molecule has 0 spiro atoms. The highest BCUT2D eigenvalue weighted by Gasteiger charge is 2.17. The van der Waals surface area contributed by atoms with Crippen molar-refractivity contribution in [3.05, 3.63) is 0 Å². The molecule has 0 aliphatic heterocycles. The number of carbonyl (C=O) groups excluding carboxylic acids is 2. The number of hydrogen-bond acceptors (Lipinski definition) is 6. The van der Waals surface area contributed by atoms with Gasteiger partial charge in [-0.2, -0.15) is 0 Å². The van der Waals surface area contributed by atoms with Crippen molar-refractivity contribution >= 4 is 12.1 Å². The molecule has 0 aromatic carbocycles. The molecule has 0 radical (unpaired) electrons. The Labute approximate surface area is 113 Å². The third-order valence-electron chi connectivity index (χ3n) is 2.08. The van der Waals surface area contributed by atoms with Gasteiger partial charge in [-0.15, -0.1) is 0 Å². The minimum Gasteiger partial charge on any atom is -0.468 e. The fourth-order valence-electron chi connectivity index (χ4n) is 1.23. The molecule has 1 atom stereocenters. The van der Waals surface area contributed by atoms with Crippen molar-refractivity contribution in [2.75, 3.05) is 26.8 Å². The van der Waals surface area contributed by atoms with E-state index in [1.54, 1.807) is 20.8 Å². The maximum atomic E-state index is 11.3. The van der Waals surface area contributed by atoms with Crippen molar-refractivity contribution in [2.24, 2.45) is 0 Å². The Morgan fingerprint density at radius 1 is 1.26 bits per heavy atom. The maximum Gasteiger partial charge on any atom is 0.407 e. The average Bonchev–Trinajstić information content (AvgIpc) is 2.30. The third kappa shape index (κ3) is 9.26. The second kappa shape index (κ2) is 8.71. The zero-order valence-electron chi connectivity index (χ0n) is 12.0. The average molecular weight is 276 g/mol. The van der Waals surface area contributed by atoms with Crippen LogP contribution >= 0.6 is 0 Å². The molecular weight excluding hydrogens is 252 g/mol. The monoisotopic (exact) mass is 276 g/mol. The highest BCUT2D eigenvalue weighted by molar-refractivity contribution is 5.75. The van der Waals surface area contributed by atoms with Gasteiger partial charge in [0.1, 0.15) is 11.6 Å². The number of methoxy groups -OCH3 is 1. The number of rotatable bonds is 7. The number of alkyl carbamates (subject to hydrolysis) is 1. The summed E-state index contributed by atoms with van der Waals surface area (Å²) in [4.78, 5) is 22.4. The first kappa shape index (κ1) is 17.7. The number of ether oxygens (including phenoxy) is 2. The van der Waals surface area contributed by atoms with Crippen LogP contribution in [0.15, 0.2) is 0 Å². The Balaban J connectivity index is 3.70. The molecule has 1 unspecified atom stereocenters. The lowest BCUT2D eigenvalue weighted by atomic mass is 10.2. The first-order valence-electron chi connectivity index (χ1n) is 6.19. The summed E-state index contributed by atoms with van der Waals surface area (Å²) in [5.74, 6) is -0.511. The van der Waals surface area contributed by atoms with Crippen LogP contribution in [0.25, 0.3) is 0 Å². The minimum absolute atomic E-state index is 0.327. The van der Waals surface area contributed by atoms with E-state index in [1.165, 1.54) is 7.11 Å². The molecule has 0 fully saturated rings. The standard InChI is InChI=1S/C12H24N2O5/c1-12(2,3)19-11(17)14-7-5-6-13-9(8-15)10(16)18-4/h9,13,15H,5-8H2,1-4H3,(H,14,17). The summed E-state index contributed by atoms with van der Waals surface area (Å²) in [7, 11) is 1.26. The van der Waals surface area contributed by atoms with Gasteiger partial charge in [-0.25, -0.2) is 4.79 Å². The van der Waals surface area contributed by atoms with Gasteiger partial charge in [0.25, 0.3) is 0 Å². The molecule has 0 bridgehead atoms. The van der Waals surface area contributed by atoms with E-state index in [4.69, 9.17) is 9.84 Å². The molecule has 3 N–H and O–H groups in total. The van der Waals surface area contributed by atoms with Crippen LogP contribution in [-0.4, -0.2) is 55.6 Å².